The lowest BCUT2D eigenvalue weighted by Gasteiger charge is -2.26. The van der Waals surface area contributed by atoms with Crippen molar-refractivity contribution in [2.24, 2.45) is 0 Å². The molecule has 2 aliphatic rings. The molecule has 0 aliphatic carbocycles. The van der Waals surface area contributed by atoms with Crippen LogP contribution in [0, 0.1) is 0 Å². The van der Waals surface area contributed by atoms with Crippen LogP contribution in [-0.4, -0.2) is 40.7 Å². The van der Waals surface area contributed by atoms with Crippen molar-refractivity contribution in [3.05, 3.63) is 47.3 Å². The number of hydrogen-bond donors (Lipinski definition) is 0. The van der Waals surface area contributed by atoms with Crippen molar-refractivity contribution in [3.63, 3.8) is 0 Å². The maximum absolute atomic E-state index is 13.3. The van der Waals surface area contributed by atoms with Gasteiger partial charge >= 0.3 is 0 Å². The highest BCUT2D eigenvalue weighted by molar-refractivity contribution is 5.97. The number of rotatable bonds is 3. The quantitative estimate of drug-likeness (QED) is 0.667. The van der Waals surface area contributed by atoms with E-state index < -0.39 is 0 Å². The molecule has 0 saturated carbocycles. The molecule has 1 unspecified atom stereocenters. The molecule has 3 aromatic rings. The number of carbonyl (C=O) groups excluding carboxylic acids is 1. The van der Waals surface area contributed by atoms with Crippen LogP contribution in [0.15, 0.2) is 35.0 Å². The number of aromatic nitrogens is 2. The zero-order valence-electron chi connectivity index (χ0n) is 16.6. The van der Waals surface area contributed by atoms with E-state index >= 15 is 0 Å². The molecule has 0 radical (unpaired) electrons. The molecule has 1 atom stereocenters. The van der Waals surface area contributed by atoms with Gasteiger partial charge in [-0.3, -0.25) is 4.79 Å². The van der Waals surface area contributed by atoms with Crippen LogP contribution in [0.2, 0.25) is 0 Å². The highest BCUT2D eigenvalue weighted by atomic mass is 16.6. The number of carbonyl (C=O) groups is 1. The van der Waals surface area contributed by atoms with E-state index in [-0.39, 0.29) is 17.9 Å². The van der Waals surface area contributed by atoms with Crippen LogP contribution >= 0.6 is 0 Å². The van der Waals surface area contributed by atoms with Gasteiger partial charge in [0.2, 0.25) is 0 Å². The minimum absolute atomic E-state index is 0.0149. The molecule has 1 fully saturated rings. The Morgan fingerprint density at radius 1 is 1.17 bits per heavy atom. The van der Waals surface area contributed by atoms with Crippen LogP contribution in [0.25, 0.3) is 11.1 Å². The van der Waals surface area contributed by atoms with Crippen LogP contribution in [0.4, 0.5) is 0 Å². The van der Waals surface area contributed by atoms with E-state index in [0.29, 0.717) is 24.5 Å². The van der Waals surface area contributed by atoms with E-state index in [0.717, 1.165) is 47.5 Å². The maximum atomic E-state index is 13.3. The number of hydrogen-bond acceptors (Lipinski definition) is 6. The zero-order valence-corrected chi connectivity index (χ0v) is 16.6. The second kappa shape index (κ2) is 7.06. The second-order valence-electron chi connectivity index (χ2n) is 7.86. The van der Waals surface area contributed by atoms with Crippen LogP contribution in [-0.2, 0) is 0 Å². The highest BCUT2D eigenvalue weighted by Gasteiger charge is 2.32. The molecule has 7 heteroatoms. The molecular formula is C22H23N3O4. The fraction of sp³-hybridized carbons (Fsp3) is 0.409. The first-order valence-electron chi connectivity index (χ1n) is 10.1. The number of benzene rings is 1. The van der Waals surface area contributed by atoms with Crippen molar-refractivity contribution in [2.45, 2.75) is 38.6 Å². The summed E-state index contributed by atoms with van der Waals surface area (Å²) in [5.41, 5.74) is 2.93. The largest absolute Gasteiger partial charge is 0.486 e. The molecule has 2 aliphatic heterocycles. The lowest BCUT2D eigenvalue weighted by Crippen LogP contribution is -2.30. The van der Waals surface area contributed by atoms with Crippen LogP contribution in [0.5, 0.6) is 11.5 Å². The van der Waals surface area contributed by atoms with E-state index in [9.17, 15) is 4.79 Å². The van der Waals surface area contributed by atoms with Gasteiger partial charge in [-0.2, -0.15) is 0 Å². The average molecular weight is 393 g/mol. The zero-order chi connectivity index (χ0) is 20.0. The predicted octanol–water partition coefficient (Wildman–Crippen LogP) is 4.09. The second-order valence-corrected chi connectivity index (χ2v) is 7.86. The van der Waals surface area contributed by atoms with Gasteiger partial charge in [0.25, 0.3) is 11.6 Å². The number of pyridine rings is 1. The molecule has 29 heavy (non-hydrogen) atoms. The molecule has 0 bridgehead atoms. The molecule has 1 aromatic carbocycles. The van der Waals surface area contributed by atoms with E-state index in [4.69, 9.17) is 14.0 Å². The number of fused-ring (bicyclic) bond motifs is 2. The maximum Gasteiger partial charge on any atom is 0.257 e. The van der Waals surface area contributed by atoms with Gasteiger partial charge in [0.1, 0.15) is 13.2 Å². The minimum Gasteiger partial charge on any atom is -0.486 e. The summed E-state index contributed by atoms with van der Waals surface area (Å²) < 4.78 is 16.6. The molecular weight excluding hydrogens is 370 g/mol. The Morgan fingerprint density at radius 3 is 2.83 bits per heavy atom. The molecule has 150 valence electrons. The Hall–Kier alpha value is -3.09. The molecule has 5 rings (SSSR count). The summed E-state index contributed by atoms with van der Waals surface area (Å²) >= 11 is 0. The van der Waals surface area contributed by atoms with Crippen LogP contribution < -0.4 is 9.47 Å². The van der Waals surface area contributed by atoms with Gasteiger partial charge in [-0.25, -0.2) is 4.98 Å². The van der Waals surface area contributed by atoms with E-state index in [1.165, 1.54) is 0 Å². The molecule has 1 saturated heterocycles. The van der Waals surface area contributed by atoms with Gasteiger partial charge in [0.15, 0.2) is 11.5 Å². The molecule has 2 aromatic heterocycles. The lowest BCUT2D eigenvalue weighted by atomic mass is 10.0. The normalized spacial score (nSPS) is 18.6. The molecule has 1 amide bonds. The number of ether oxygens (including phenoxy) is 2. The molecule has 0 N–H and O–H groups in total. The van der Waals surface area contributed by atoms with Gasteiger partial charge in [-0.1, -0.05) is 25.1 Å². The van der Waals surface area contributed by atoms with Gasteiger partial charge in [0.05, 0.1) is 22.7 Å². The van der Waals surface area contributed by atoms with Crippen molar-refractivity contribution in [1.29, 1.82) is 0 Å². The van der Waals surface area contributed by atoms with Crippen LogP contribution in [0.3, 0.4) is 0 Å². The summed E-state index contributed by atoms with van der Waals surface area (Å²) in [6.45, 7) is 5.93. The van der Waals surface area contributed by atoms with Crippen molar-refractivity contribution in [2.75, 3.05) is 19.8 Å². The number of amides is 1. The average Bonchev–Trinajstić information content (AvgIpc) is 3.39. The fourth-order valence-electron chi connectivity index (χ4n) is 4.17. The first kappa shape index (κ1) is 18.0. The minimum atomic E-state index is -0.0207. The van der Waals surface area contributed by atoms with E-state index in [2.05, 4.69) is 10.1 Å². The summed E-state index contributed by atoms with van der Waals surface area (Å²) in [6.07, 6.45) is 3.47. The monoisotopic (exact) mass is 393 g/mol. The van der Waals surface area contributed by atoms with Crippen molar-refractivity contribution in [1.82, 2.24) is 15.0 Å². The lowest BCUT2D eigenvalue weighted by molar-refractivity contribution is 0.0735. The highest BCUT2D eigenvalue weighted by Crippen LogP contribution is 2.38. The van der Waals surface area contributed by atoms with E-state index in [1.807, 2.05) is 43.0 Å². The molecule has 4 heterocycles. The Bertz CT molecular complexity index is 1080. The smallest absolute Gasteiger partial charge is 0.257 e. The topological polar surface area (TPSA) is 77.7 Å². The summed E-state index contributed by atoms with van der Waals surface area (Å²) in [6, 6.07) is 7.84. The van der Waals surface area contributed by atoms with Gasteiger partial charge in [-0.05, 0) is 42.5 Å². The number of likely N-dealkylation sites (tertiary alicyclic amines) is 1. The number of nitrogens with zero attached hydrogens (tertiary/aromatic N) is 3. The summed E-state index contributed by atoms with van der Waals surface area (Å²) in [5.74, 6) is 1.69. The standard InChI is InChI=1S/C22H23N3O4/c1-13(2)20-16-10-15(12-23-21(16)29-24-20)22(26)25-7-3-4-17(25)14-5-6-18-19(11-14)28-9-8-27-18/h5-6,10-13,17H,3-4,7-9H2,1-2H3. The molecule has 7 nitrogen and oxygen atoms in total. The third-order valence-corrected chi connectivity index (χ3v) is 5.62. The summed E-state index contributed by atoms with van der Waals surface area (Å²) in [4.78, 5) is 19.6. The van der Waals surface area contributed by atoms with E-state index in [1.54, 1.807) is 6.20 Å². The Labute approximate surface area is 168 Å². The Morgan fingerprint density at radius 2 is 2.00 bits per heavy atom. The van der Waals surface area contributed by atoms with Crippen molar-refractivity contribution >= 4 is 17.0 Å². The predicted molar refractivity (Wildman–Crippen MR) is 106 cm³/mol. The SMILES string of the molecule is CC(C)c1noc2ncc(C(=O)N3CCCC3c3ccc4c(c3)OCCO4)cc12. The third-order valence-electron chi connectivity index (χ3n) is 5.62. The van der Waals surface area contributed by atoms with Gasteiger partial charge in [-0.15, -0.1) is 0 Å². The Kier molecular flexibility index (Phi) is 4.38. The van der Waals surface area contributed by atoms with Crippen LogP contribution in [0.1, 0.15) is 60.3 Å². The molecule has 0 spiro atoms. The van der Waals surface area contributed by atoms with Gasteiger partial charge in [0, 0.05) is 12.7 Å². The van der Waals surface area contributed by atoms with Gasteiger partial charge < -0.3 is 18.9 Å². The van der Waals surface area contributed by atoms with Crippen molar-refractivity contribution in [3.8, 4) is 11.5 Å². The summed E-state index contributed by atoms with van der Waals surface area (Å²) in [7, 11) is 0. The van der Waals surface area contributed by atoms with Crippen molar-refractivity contribution < 1.29 is 18.8 Å². The third kappa shape index (κ3) is 3.10. The summed E-state index contributed by atoms with van der Waals surface area (Å²) in [5, 5.41) is 4.91. The first-order valence-corrected chi connectivity index (χ1v) is 10.1. The fourth-order valence-corrected chi connectivity index (χ4v) is 4.17. The first-order chi connectivity index (χ1) is 14.1. The Balaban J connectivity index is 1.46.